The highest BCUT2D eigenvalue weighted by Gasteiger charge is 2.29. The molecule has 4 rings (SSSR count). The second-order valence-corrected chi connectivity index (χ2v) is 9.74. The zero-order chi connectivity index (χ0) is 21.3. The number of aromatic nitrogens is 1. The van der Waals surface area contributed by atoms with Crippen molar-refractivity contribution < 1.29 is 12.8 Å². The van der Waals surface area contributed by atoms with Crippen LogP contribution in [0.15, 0.2) is 62.6 Å². The average Bonchev–Trinajstić information content (AvgIpc) is 3.08. The fraction of sp³-hybridized carbons (Fsp3) is 0.409. The maximum Gasteiger partial charge on any atom is 0.421 e. The van der Waals surface area contributed by atoms with Gasteiger partial charge in [0.1, 0.15) is 0 Å². The Hall–Kier alpha value is -2.42. The van der Waals surface area contributed by atoms with Crippen LogP contribution in [0.5, 0.6) is 0 Å². The number of hydrogen-bond donors (Lipinski definition) is 0. The van der Waals surface area contributed by atoms with E-state index in [-0.39, 0.29) is 0 Å². The largest absolute Gasteiger partial charge is 0.421 e. The molecule has 1 fully saturated rings. The van der Waals surface area contributed by atoms with Gasteiger partial charge >= 0.3 is 5.76 Å². The Labute approximate surface area is 176 Å². The first-order valence-corrected chi connectivity index (χ1v) is 11.7. The van der Waals surface area contributed by atoms with E-state index in [1.165, 1.54) is 4.31 Å². The molecule has 0 radical (unpaired) electrons. The molecule has 0 spiro atoms. The van der Waals surface area contributed by atoms with Crippen molar-refractivity contribution >= 4 is 21.1 Å². The summed E-state index contributed by atoms with van der Waals surface area (Å²) in [5.41, 5.74) is 2.46. The summed E-state index contributed by atoms with van der Waals surface area (Å²) < 4.78 is 34.5. The van der Waals surface area contributed by atoms with Crippen molar-refractivity contribution in [1.82, 2.24) is 13.8 Å². The van der Waals surface area contributed by atoms with Gasteiger partial charge in [0.2, 0.25) is 10.0 Å². The lowest BCUT2D eigenvalue weighted by molar-refractivity contribution is 0.150. The monoisotopic (exact) mass is 429 g/mol. The van der Waals surface area contributed by atoms with E-state index >= 15 is 0 Å². The van der Waals surface area contributed by atoms with E-state index in [9.17, 15) is 13.2 Å². The standard InChI is InChI=1S/C22H27N3O4S/c1-3-17(2)18-8-10-19(11-9-18)30(27,28)24-14-12-23(13-15-24)16-25-20-6-4-5-7-21(20)29-22(25)26/h4-11,17H,3,12-16H2,1-2H3/t17-/m1/s1. The van der Waals surface area contributed by atoms with Gasteiger partial charge in [0.15, 0.2) is 5.58 Å². The van der Waals surface area contributed by atoms with Crippen LogP contribution < -0.4 is 5.76 Å². The summed E-state index contributed by atoms with van der Waals surface area (Å²) in [5.74, 6) is 0.0142. The zero-order valence-corrected chi connectivity index (χ0v) is 18.1. The summed E-state index contributed by atoms with van der Waals surface area (Å²) >= 11 is 0. The van der Waals surface area contributed by atoms with Gasteiger partial charge in [-0.15, -0.1) is 0 Å². The Morgan fingerprint density at radius 2 is 1.67 bits per heavy atom. The zero-order valence-electron chi connectivity index (χ0n) is 17.3. The van der Waals surface area contributed by atoms with E-state index in [0.717, 1.165) is 17.5 Å². The second kappa shape index (κ2) is 8.37. The van der Waals surface area contributed by atoms with Crippen LogP contribution in [0.1, 0.15) is 31.7 Å². The van der Waals surface area contributed by atoms with E-state index in [1.807, 2.05) is 30.3 Å². The predicted molar refractivity (Wildman–Crippen MR) is 116 cm³/mol. The molecular formula is C22H27N3O4S. The molecule has 1 atom stereocenters. The first-order valence-electron chi connectivity index (χ1n) is 10.3. The molecule has 1 aromatic heterocycles. The van der Waals surface area contributed by atoms with Gasteiger partial charge in [-0.1, -0.05) is 38.1 Å². The van der Waals surface area contributed by atoms with E-state index in [2.05, 4.69) is 18.7 Å². The fourth-order valence-corrected chi connectivity index (χ4v) is 5.23. The quantitative estimate of drug-likeness (QED) is 0.602. The molecule has 0 aliphatic carbocycles. The summed E-state index contributed by atoms with van der Waals surface area (Å²) in [7, 11) is -3.52. The van der Waals surface area contributed by atoms with Gasteiger partial charge in [-0.05, 0) is 42.2 Å². The molecule has 30 heavy (non-hydrogen) atoms. The number of benzene rings is 2. The average molecular weight is 430 g/mol. The molecule has 0 unspecified atom stereocenters. The van der Waals surface area contributed by atoms with E-state index in [0.29, 0.717) is 49.2 Å². The van der Waals surface area contributed by atoms with Gasteiger partial charge in [-0.2, -0.15) is 4.31 Å². The lowest BCUT2D eigenvalue weighted by atomic mass is 9.99. The SMILES string of the molecule is CC[C@@H](C)c1ccc(S(=O)(=O)N2CCN(Cn3c(=O)oc4ccccc43)CC2)cc1. The Morgan fingerprint density at radius 1 is 1.00 bits per heavy atom. The summed E-state index contributed by atoms with van der Waals surface area (Å²) in [6, 6.07) is 14.6. The number of para-hydroxylation sites is 2. The topological polar surface area (TPSA) is 75.8 Å². The van der Waals surface area contributed by atoms with Gasteiger partial charge in [0, 0.05) is 26.2 Å². The third-order valence-corrected chi connectivity index (χ3v) is 7.86. The Kier molecular flexibility index (Phi) is 5.81. The Balaban J connectivity index is 1.43. The van der Waals surface area contributed by atoms with Crippen LogP contribution in [-0.4, -0.2) is 48.4 Å². The maximum absolute atomic E-state index is 13.0. The van der Waals surface area contributed by atoms with E-state index < -0.39 is 15.8 Å². The third kappa shape index (κ3) is 3.95. The molecule has 2 aromatic carbocycles. The first-order chi connectivity index (χ1) is 14.4. The number of hydrogen-bond acceptors (Lipinski definition) is 5. The summed E-state index contributed by atoms with van der Waals surface area (Å²) in [6.45, 7) is 6.52. The minimum atomic E-state index is -3.52. The number of nitrogens with zero attached hydrogens (tertiary/aromatic N) is 3. The number of sulfonamides is 1. The van der Waals surface area contributed by atoms with Crippen LogP contribution in [0, 0.1) is 0 Å². The van der Waals surface area contributed by atoms with Crippen LogP contribution in [-0.2, 0) is 16.7 Å². The van der Waals surface area contributed by atoms with Gasteiger partial charge in [0.05, 0.1) is 17.1 Å². The number of fused-ring (bicyclic) bond motifs is 1. The van der Waals surface area contributed by atoms with Crippen LogP contribution >= 0.6 is 0 Å². The second-order valence-electron chi connectivity index (χ2n) is 7.81. The van der Waals surface area contributed by atoms with Crippen LogP contribution in [0.3, 0.4) is 0 Å². The molecule has 0 amide bonds. The molecule has 1 aliphatic rings. The number of rotatable bonds is 6. The van der Waals surface area contributed by atoms with Crippen molar-refractivity contribution in [2.45, 2.75) is 37.8 Å². The maximum atomic E-state index is 13.0. The normalized spacial score (nSPS) is 17.4. The van der Waals surface area contributed by atoms with Crippen LogP contribution in [0.25, 0.3) is 11.1 Å². The lowest BCUT2D eigenvalue weighted by Crippen LogP contribution is -2.49. The highest BCUT2D eigenvalue weighted by atomic mass is 32.2. The van der Waals surface area contributed by atoms with E-state index in [4.69, 9.17) is 4.42 Å². The van der Waals surface area contributed by atoms with E-state index in [1.54, 1.807) is 22.8 Å². The highest BCUT2D eigenvalue weighted by molar-refractivity contribution is 7.89. The molecule has 1 aliphatic heterocycles. The van der Waals surface area contributed by atoms with Crippen molar-refractivity contribution in [3.8, 4) is 0 Å². The smallest absolute Gasteiger partial charge is 0.408 e. The molecular weight excluding hydrogens is 402 g/mol. The summed E-state index contributed by atoms with van der Waals surface area (Å²) in [4.78, 5) is 14.6. The molecule has 160 valence electrons. The van der Waals surface area contributed by atoms with Crippen molar-refractivity contribution in [3.05, 3.63) is 64.6 Å². The Bertz CT molecular complexity index is 1170. The number of piperazine rings is 1. The van der Waals surface area contributed by atoms with Gasteiger partial charge in [-0.3, -0.25) is 9.47 Å². The predicted octanol–water partition coefficient (Wildman–Crippen LogP) is 3.07. The molecule has 2 heterocycles. The van der Waals surface area contributed by atoms with Crippen molar-refractivity contribution in [3.63, 3.8) is 0 Å². The van der Waals surface area contributed by atoms with Gasteiger partial charge in [-0.25, -0.2) is 13.2 Å². The highest BCUT2D eigenvalue weighted by Crippen LogP contribution is 2.23. The van der Waals surface area contributed by atoms with Crippen LogP contribution in [0.4, 0.5) is 0 Å². The lowest BCUT2D eigenvalue weighted by Gasteiger charge is -2.33. The van der Waals surface area contributed by atoms with Gasteiger partial charge < -0.3 is 4.42 Å². The fourth-order valence-electron chi connectivity index (χ4n) is 3.81. The number of oxazole rings is 1. The van der Waals surface area contributed by atoms with Gasteiger partial charge in [0.25, 0.3) is 0 Å². The Morgan fingerprint density at radius 3 is 2.33 bits per heavy atom. The van der Waals surface area contributed by atoms with Crippen molar-refractivity contribution in [2.75, 3.05) is 26.2 Å². The summed E-state index contributed by atoms with van der Waals surface area (Å²) in [5, 5.41) is 0. The molecule has 3 aromatic rings. The molecule has 0 N–H and O–H groups in total. The van der Waals surface area contributed by atoms with Crippen molar-refractivity contribution in [2.24, 2.45) is 0 Å². The van der Waals surface area contributed by atoms with Crippen LogP contribution in [0.2, 0.25) is 0 Å². The minimum absolute atomic E-state index is 0.333. The molecule has 8 heteroatoms. The molecule has 1 saturated heterocycles. The molecule has 0 bridgehead atoms. The van der Waals surface area contributed by atoms with Crippen molar-refractivity contribution in [1.29, 1.82) is 0 Å². The first kappa shape index (κ1) is 20.8. The summed E-state index contributed by atoms with van der Waals surface area (Å²) in [6.07, 6.45) is 1.02. The minimum Gasteiger partial charge on any atom is -0.408 e. The third-order valence-electron chi connectivity index (χ3n) is 5.95. The molecule has 0 saturated carbocycles. The molecule has 7 nitrogen and oxygen atoms in total.